The number of nitrogens with zero attached hydrogens (tertiary/aromatic N) is 3. The van der Waals surface area contributed by atoms with Crippen molar-refractivity contribution in [2.75, 3.05) is 5.73 Å². The van der Waals surface area contributed by atoms with Crippen molar-refractivity contribution in [3.05, 3.63) is 16.7 Å². The van der Waals surface area contributed by atoms with Crippen LogP contribution in [0.4, 0.5) is 10.2 Å². The number of ether oxygens (including phenoxy) is 1. The predicted molar refractivity (Wildman–Crippen MR) is 118 cm³/mol. The highest BCUT2D eigenvalue weighted by atomic mass is 28.4. The Morgan fingerprint density at radius 3 is 2.37 bits per heavy atom. The zero-order valence-corrected chi connectivity index (χ0v) is 19.8. The van der Waals surface area contributed by atoms with Gasteiger partial charge in [0.05, 0.1) is 6.10 Å². The number of nitrogens with one attached hydrogen (secondary N) is 1. The molecule has 2 aromatic rings. The van der Waals surface area contributed by atoms with Crippen molar-refractivity contribution in [2.45, 2.75) is 96.1 Å². The van der Waals surface area contributed by atoms with Crippen molar-refractivity contribution >= 4 is 25.2 Å². The minimum Gasteiger partial charge on any atom is -0.407 e. The molecule has 0 aliphatic carbocycles. The lowest BCUT2D eigenvalue weighted by atomic mass is 10.1. The SMILES string of the molecule is CC[C@H]1O[C@@H](n2[nH]c(=O)c3c(N)ncnc32)[C@@H](F)[C@@H]1O[Si](C(C)C)(C(C)C)C(C)C. The summed E-state index contributed by atoms with van der Waals surface area (Å²) in [5.74, 6) is 0.0547. The maximum absolute atomic E-state index is 15.9. The third-order valence-electron chi connectivity index (χ3n) is 6.50. The Balaban J connectivity index is 2.02. The third kappa shape index (κ3) is 3.48. The number of anilines is 1. The molecule has 8 nitrogen and oxygen atoms in total. The van der Waals surface area contributed by atoms with Crippen LogP contribution in [-0.2, 0) is 9.16 Å². The maximum atomic E-state index is 15.9. The van der Waals surface area contributed by atoms with E-state index in [1.54, 1.807) is 0 Å². The Labute approximate surface area is 177 Å². The van der Waals surface area contributed by atoms with Gasteiger partial charge in [-0.2, -0.15) is 0 Å². The van der Waals surface area contributed by atoms with Crippen molar-refractivity contribution in [3.63, 3.8) is 0 Å². The van der Waals surface area contributed by atoms with Crippen LogP contribution in [0.15, 0.2) is 11.1 Å². The van der Waals surface area contributed by atoms with Crippen LogP contribution in [0, 0.1) is 0 Å². The second kappa shape index (κ2) is 8.39. The molecule has 1 aliphatic rings. The third-order valence-corrected chi connectivity index (χ3v) is 12.6. The van der Waals surface area contributed by atoms with E-state index in [0.717, 1.165) is 0 Å². The first kappa shape index (κ1) is 22.9. The number of H-pyrrole nitrogens is 1. The topological polar surface area (TPSA) is 108 Å². The predicted octanol–water partition coefficient (Wildman–Crippen LogP) is 3.91. The number of hydrogen-bond donors (Lipinski definition) is 2. The molecule has 0 unspecified atom stereocenters. The van der Waals surface area contributed by atoms with Crippen LogP contribution in [0.3, 0.4) is 0 Å². The second-order valence-corrected chi connectivity index (χ2v) is 14.5. The summed E-state index contributed by atoms with van der Waals surface area (Å²) < 4.78 is 30.1. The summed E-state index contributed by atoms with van der Waals surface area (Å²) in [5.41, 5.74) is 6.56. The summed E-state index contributed by atoms with van der Waals surface area (Å²) in [4.78, 5) is 20.4. The number of nitrogen functional groups attached to an aromatic ring is 1. The molecular weight excluding hydrogens is 405 g/mol. The Morgan fingerprint density at radius 2 is 1.83 bits per heavy atom. The Kier molecular flexibility index (Phi) is 6.40. The molecule has 0 saturated carbocycles. The monoisotopic (exact) mass is 439 g/mol. The van der Waals surface area contributed by atoms with E-state index in [2.05, 4.69) is 56.6 Å². The van der Waals surface area contributed by atoms with E-state index in [1.165, 1.54) is 11.0 Å². The van der Waals surface area contributed by atoms with Crippen LogP contribution >= 0.6 is 0 Å². The summed E-state index contributed by atoms with van der Waals surface area (Å²) in [6.07, 6.45) is -1.78. The highest BCUT2D eigenvalue weighted by Crippen LogP contribution is 2.46. The molecule has 1 aliphatic heterocycles. The fourth-order valence-corrected chi connectivity index (χ4v) is 10.8. The van der Waals surface area contributed by atoms with Crippen LogP contribution in [0.2, 0.25) is 16.6 Å². The molecule has 1 saturated heterocycles. The quantitative estimate of drug-likeness (QED) is 0.633. The van der Waals surface area contributed by atoms with Gasteiger partial charge in [0.1, 0.15) is 23.6 Å². The summed E-state index contributed by atoms with van der Waals surface area (Å²) >= 11 is 0. The normalized spacial score (nSPS) is 25.3. The van der Waals surface area contributed by atoms with Gasteiger partial charge in [-0.1, -0.05) is 48.5 Å². The lowest BCUT2D eigenvalue weighted by Gasteiger charge is -2.44. The van der Waals surface area contributed by atoms with E-state index in [4.69, 9.17) is 14.9 Å². The Morgan fingerprint density at radius 1 is 1.23 bits per heavy atom. The first-order valence-corrected chi connectivity index (χ1v) is 12.9. The number of alkyl halides is 1. The number of hydrogen-bond acceptors (Lipinski definition) is 6. The molecule has 3 N–H and O–H groups in total. The van der Waals surface area contributed by atoms with Crippen LogP contribution in [0.25, 0.3) is 11.0 Å². The summed E-state index contributed by atoms with van der Waals surface area (Å²) in [6, 6.07) is 0. The van der Waals surface area contributed by atoms with Gasteiger partial charge in [0.15, 0.2) is 18.0 Å². The highest BCUT2D eigenvalue weighted by molar-refractivity contribution is 6.77. The van der Waals surface area contributed by atoms with Gasteiger partial charge < -0.3 is 14.9 Å². The standard InChI is InChI=1S/C20H34FN5O3Si/c1-8-13-16(29-30(10(2)3,11(4)5)12(6)7)15(21)20(28-13)26-18-14(19(27)25-26)17(22)23-9-24-18/h9-13,15-16,20H,8H2,1-7H3,(H,25,27)(H2,22,23,24)/t13-,15+,16-,20-/m1/s1. The molecule has 0 spiro atoms. The molecule has 0 bridgehead atoms. The Bertz CT molecular complexity index is 922. The molecule has 3 heterocycles. The maximum Gasteiger partial charge on any atom is 0.277 e. The van der Waals surface area contributed by atoms with E-state index in [0.29, 0.717) is 23.0 Å². The second-order valence-electron chi connectivity index (χ2n) is 9.09. The highest BCUT2D eigenvalue weighted by Gasteiger charge is 2.54. The van der Waals surface area contributed by atoms with E-state index in [1.807, 2.05) is 6.92 Å². The van der Waals surface area contributed by atoms with Gasteiger partial charge in [0.25, 0.3) is 5.56 Å². The molecular formula is C20H34FN5O3Si. The molecule has 0 amide bonds. The summed E-state index contributed by atoms with van der Waals surface area (Å²) in [7, 11) is -2.33. The van der Waals surface area contributed by atoms with Crippen molar-refractivity contribution in [3.8, 4) is 0 Å². The number of halogens is 1. The summed E-state index contributed by atoms with van der Waals surface area (Å²) in [6.45, 7) is 15.0. The minimum atomic E-state index is -2.33. The van der Waals surface area contributed by atoms with E-state index in [9.17, 15) is 4.79 Å². The van der Waals surface area contributed by atoms with Crippen molar-refractivity contribution in [1.29, 1.82) is 0 Å². The molecule has 3 rings (SSSR count). The number of rotatable bonds is 7. The molecule has 168 valence electrons. The van der Waals surface area contributed by atoms with Crippen LogP contribution in [0.1, 0.15) is 61.1 Å². The van der Waals surface area contributed by atoms with Crippen LogP contribution < -0.4 is 11.3 Å². The van der Waals surface area contributed by atoms with Gasteiger partial charge in [0.2, 0.25) is 8.32 Å². The van der Waals surface area contributed by atoms with Crippen molar-refractivity contribution in [2.24, 2.45) is 0 Å². The zero-order valence-electron chi connectivity index (χ0n) is 18.8. The molecule has 4 atom stereocenters. The first-order chi connectivity index (χ1) is 14.1. The van der Waals surface area contributed by atoms with E-state index in [-0.39, 0.29) is 16.9 Å². The average Bonchev–Trinajstić information content (AvgIpc) is 3.16. The molecule has 2 aromatic heterocycles. The van der Waals surface area contributed by atoms with Crippen LogP contribution in [0.5, 0.6) is 0 Å². The lowest BCUT2D eigenvalue weighted by molar-refractivity contribution is -0.0294. The minimum absolute atomic E-state index is 0.0547. The molecule has 30 heavy (non-hydrogen) atoms. The largest absolute Gasteiger partial charge is 0.407 e. The van der Waals surface area contributed by atoms with E-state index >= 15 is 4.39 Å². The lowest BCUT2D eigenvalue weighted by Crippen LogP contribution is -2.53. The van der Waals surface area contributed by atoms with Gasteiger partial charge in [-0.05, 0) is 23.0 Å². The van der Waals surface area contributed by atoms with Crippen molar-refractivity contribution < 1.29 is 13.6 Å². The zero-order chi connectivity index (χ0) is 22.4. The fraction of sp³-hybridized carbons (Fsp3) is 0.750. The van der Waals surface area contributed by atoms with Gasteiger partial charge in [-0.15, -0.1) is 0 Å². The van der Waals surface area contributed by atoms with Crippen LogP contribution in [-0.4, -0.2) is 46.4 Å². The van der Waals surface area contributed by atoms with Gasteiger partial charge >= 0.3 is 0 Å². The molecule has 0 radical (unpaired) electrons. The first-order valence-electron chi connectivity index (χ1n) is 10.7. The number of aromatic nitrogens is 4. The average molecular weight is 440 g/mol. The fourth-order valence-electron chi connectivity index (χ4n) is 5.21. The van der Waals surface area contributed by atoms with Gasteiger partial charge in [-0.3, -0.25) is 9.89 Å². The number of aromatic amines is 1. The van der Waals surface area contributed by atoms with Crippen molar-refractivity contribution in [1.82, 2.24) is 19.7 Å². The molecule has 10 heteroatoms. The summed E-state index contributed by atoms with van der Waals surface area (Å²) in [5, 5.41) is 2.77. The van der Waals surface area contributed by atoms with E-state index < -0.39 is 38.5 Å². The molecule has 0 aromatic carbocycles. The Hall–Kier alpha value is -1.78. The number of nitrogens with two attached hydrogens (primary N) is 1. The smallest absolute Gasteiger partial charge is 0.277 e. The van der Waals surface area contributed by atoms with Gasteiger partial charge in [-0.25, -0.2) is 19.0 Å². The molecule has 1 fully saturated rings. The number of fused-ring (bicyclic) bond motifs is 1. The van der Waals surface area contributed by atoms with Gasteiger partial charge in [0, 0.05) is 0 Å².